The number of benzene rings is 1. The second-order valence-corrected chi connectivity index (χ2v) is 13.8. The highest BCUT2D eigenvalue weighted by molar-refractivity contribution is 5.96. The minimum atomic E-state index is -0.687. The van der Waals surface area contributed by atoms with Gasteiger partial charge in [-0.1, -0.05) is 70.5 Å². The molecule has 0 radical (unpaired) electrons. The molecule has 0 bridgehead atoms. The van der Waals surface area contributed by atoms with Crippen LogP contribution in [-0.2, 0) is 23.9 Å². The summed E-state index contributed by atoms with van der Waals surface area (Å²) in [4.78, 5) is 59.8. The van der Waals surface area contributed by atoms with E-state index in [-0.39, 0.29) is 47.7 Å². The average molecular weight is 625 g/mol. The van der Waals surface area contributed by atoms with Gasteiger partial charge in [0.05, 0.1) is 12.1 Å². The van der Waals surface area contributed by atoms with E-state index in [2.05, 4.69) is 24.1 Å². The first kappa shape index (κ1) is 36.3. The van der Waals surface area contributed by atoms with Gasteiger partial charge < -0.3 is 19.9 Å². The zero-order valence-corrected chi connectivity index (χ0v) is 28.9. The summed E-state index contributed by atoms with van der Waals surface area (Å²) in [5.41, 5.74) is 1.38. The van der Waals surface area contributed by atoms with Crippen LogP contribution in [-0.4, -0.2) is 88.7 Å². The Hall–Kier alpha value is -3.20. The van der Waals surface area contributed by atoms with Crippen LogP contribution in [0.15, 0.2) is 42.0 Å². The Bertz CT molecular complexity index is 1200. The number of nitrogens with zero attached hydrogens (tertiary/aromatic N) is 3. The van der Waals surface area contributed by atoms with Gasteiger partial charge in [-0.3, -0.25) is 19.3 Å². The molecule has 1 aromatic carbocycles. The number of likely N-dealkylation sites (N-methyl/N-ethyl adjacent to an activating group) is 1. The number of rotatable bonds is 12. The summed E-state index contributed by atoms with van der Waals surface area (Å²) >= 11 is 0. The Morgan fingerprint density at radius 3 is 2.13 bits per heavy atom. The largest absolute Gasteiger partial charge is 0.456 e. The number of carbonyl (C=O) groups is 4. The van der Waals surface area contributed by atoms with E-state index in [0.717, 1.165) is 37.8 Å². The number of nitrogens with one attached hydrogen (secondary N) is 1. The van der Waals surface area contributed by atoms with Crippen molar-refractivity contribution in [3.63, 3.8) is 0 Å². The van der Waals surface area contributed by atoms with Crippen LogP contribution in [0.25, 0.3) is 0 Å². The van der Waals surface area contributed by atoms with Crippen LogP contribution in [0.1, 0.15) is 99.2 Å². The molecule has 5 atom stereocenters. The molecule has 0 aliphatic carbocycles. The molecule has 3 rings (SSSR count). The monoisotopic (exact) mass is 624 g/mol. The predicted molar refractivity (Wildman–Crippen MR) is 177 cm³/mol. The van der Waals surface area contributed by atoms with Crippen molar-refractivity contribution in [3.05, 3.63) is 47.5 Å². The van der Waals surface area contributed by atoms with E-state index in [4.69, 9.17) is 4.74 Å². The number of esters is 1. The van der Waals surface area contributed by atoms with Gasteiger partial charge in [0, 0.05) is 25.2 Å². The zero-order chi connectivity index (χ0) is 33.4. The number of amides is 3. The molecule has 2 saturated heterocycles. The summed E-state index contributed by atoms with van der Waals surface area (Å²) in [6.45, 7) is 17.0. The first-order valence-corrected chi connectivity index (χ1v) is 16.8. The van der Waals surface area contributed by atoms with Gasteiger partial charge in [-0.2, -0.15) is 0 Å². The van der Waals surface area contributed by atoms with Crippen molar-refractivity contribution in [2.45, 2.75) is 124 Å². The van der Waals surface area contributed by atoms with Crippen LogP contribution >= 0.6 is 0 Å². The Morgan fingerprint density at radius 2 is 1.53 bits per heavy atom. The molecule has 0 saturated carbocycles. The van der Waals surface area contributed by atoms with Crippen molar-refractivity contribution in [1.29, 1.82) is 0 Å². The molecule has 0 aromatic heterocycles. The van der Waals surface area contributed by atoms with Crippen LogP contribution in [0.3, 0.4) is 0 Å². The maximum atomic E-state index is 13.9. The molecule has 9 nitrogen and oxygen atoms in total. The number of ether oxygens (including phenoxy) is 1. The Morgan fingerprint density at radius 1 is 0.889 bits per heavy atom. The normalized spacial score (nSPS) is 21.5. The molecule has 0 unspecified atom stereocenters. The van der Waals surface area contributed by atoms with Crippen molar-refractivity contribution in [3.8, 4) is 0 Å². The van der Waals surface area contributed by atoms with Gasteiger partial charge in [0.15, 0.2) is 0 Å². The van der Waals surface area contributed by atoms with Gasteiger partial charge in [-0.15, -0.1) is 0 Å². The Labute approximate surface area is 270 Å². The molecule has 1 aromatic rings. The van der Waals surface area contributed by atoms with Crippen molar-refractivity contribution < 1.29 is 23.9 Å². The van der Waals surface area contributed by atoms with Gasteiger partial charge in [-0.05, 0) is 77.3 Å². The lowest BCUT2D eigenvalue weighted by molar-refractivity contribution is -0.156. The third-order valence-corrected chi connectivity index (χ3v) is 9.32. The fraction of sp³-hybridized carbons (Fsp3) is 0.667. The molecular weight excluding hydrogens is 568 g/mol. The van der Waals surface area contributed by atoms with Gasteiger partial charge in [0.25, 0.3) is 0 Å². The quantitative estimate of drug-likeness (QED) is 0.256. The van der Waals surface area contributed by atoms with E-state index < -0.39 is 24.2 Å². The fourth-order valence-corrected chi connectivity index (χ4v) is 6.59. The van der Waals surface area contributed by atoms with E-state index in [9.17, 15) is 19.2 Å². The first-order valence-electron chi connectivity index (χ1n) is 16.8. The van der Waals surface area contributed by atoms with E-state index in [1.165, 1.54) is 0 Å². The minimum absolute atomic E-state index is 0.00560. The summed E-state index contributed by atoms with van der Waals surface area (Å²) in [6, 6.07) is 7.84. The number of hydrogen-bond acceptors (Lipinski definition) is 6. The van der Waals surface area contributed by atoms with Crippen molar-refractivity contribution >= 4 is 23.7 Å². The molecule has 2 aliphatic heterocycles. The lowest BCUT2D eigenvalue weighted by Gasteiger charge is -2.39. The maximum Gasteiger partial charge on any atom is 0.329 e. The smallest absolute Gasteiger partial charge is 0.329 e. The van der Waals surface area contributed by atoms with E-state index >= 15 is 0 Å². The Balaban J connectivity index is 1.73. The second-order valence-electron chi connectivity index (χ2n) is 13.8. The third kappa shape index (κ3) is 9.18. The zero-order valence-electron chi connectivity index (χ0n) is 28.9. The van der Waals surface area contributed by atoms with Crippen LogP contribution in [0.4, 0.5) is 0 Å². The molecule has 45 heavy (non-hydrogen) atoms. The molecule has 2 aliphatic rings. The van der Waals surface area contributed by atoms with E-state index in [1.807, 2.05) is 71.0 Å². The fourth-order valence-electron chi connectivity index (χ4n) is 6.59. The molecular formula is C36H56N4O5. The molecule has 2 heterocycles. The van der Waals surface area contributed by atoms with Gasteiger partial charge in [0.1, 0.15) is 18.2 Å². The molecule has 1 N–H and O–H groups in total. The molecule has 9 heteroatoms. The molecule has 250 valence electrons. The summed E-state index contributed by atoms with van der Waals surface area (Å²) in [5, 5.41) is 3.09. The lowest BCUT2D eigenvalue weighted by Crippen LogP contribution is -2.58. The second kappa shape index (κ2) is 16.4. The Kier molecular flexibility index (Phi) is 13.2. The van der Waals surface area contributed by atoms with Crippen LogP contribution < -0.4 is 5.32 Å². The summed E-state index contributed by atoms with van der Waals surface area (Å²) in [6.07, 6.45) is 5.54. The van der Waals surface area contributed by atoms with Crippen LogP contribution in [0, 0.1) is 11.8 Å². The first-order chi connectivity index (χ1) is 21.2. The lowest BCUT2D eigenvalue weighted by atomic mass is 9.95. The highest BCUT2D eigenvalue weighted by Crippen LogP contribution is 2.26. The van der Waals surface area contributed by atoms with Gasteiger partial charge in [0.2, 0.25) is 17.7 Å². The molecule has 3 amide bonds. The standard InChI is InChI=1S/C36H56N4O5/c1-23(2)31(38(9)35(43)32(24(3)4)37-33(41)29-18-13-14-20-39(29)25(5)6)22-26(7)34(42)40-21-15-19-30(40)36(44)45-27(8)28-16-11-10-12-17-28/h10-12,16-17,22-25,27,29-32H,13-15,18-21H2,1-9H3,(H,37,41)/t27-,29-,30+,31-,32+/m1/s1. The van der Waals surface area contributed by atoms with Crippen LogP contribution in [0.2, 0.25) is 0 Å². The SMILES string of the molecule is CC(=C[C@H](C(C)C)N(C)C(=O)[C@@H](NC(=O)[C@H]1CCCCN1C(C)C)C(C)C)C(=O)N1CCC[C@H]1C(=O)O[C@H](C)c1ccccc1. The average Bonchev–Trinajstić information content (AvgIpc) is 3.51. The topological polar surface area (TPSA) is 99.3 Å². The minimum Gasteiger partial charge on any atom is -0.456 e. The van der Waals surface area contributed by atoms with E-state index in [1.54, 1.807) is 23.8 Å². The maximum absolute atomic E-state index is 13.9. The summed E-state index contributed by atoms with van der Waals surface area (Å²) in [7, 11) is 1.74. The van der Waals surface area contributed by atoms with Crippen molar-refractivity contribution in [2.24, 2.45) is 11.8 Å². The van der Waals surface area contributed by atoms with Crippen LogP contribution in [0.5, 0.6) is 0 Å². The molecule has 0 spiro atoms. The number of piperidine rings is 1. The highest BCUT2D eigenvalue weighted by Gasteiger charge is 2.38. The van der Waals surface area contributed by atoms with Gasteiger partial charge in [-0.25, -0.2) is 4.79 Å². The van der Waals surface area contributed by atoms with Crippen molar-refractivity contribution in [1.82, 2.24) is 20.0 Å². The summed E-state index contributed by atoms with van der Waals surface area (Å²) in [5.74, 6) is -1.02. The molecule has 2 fully saturated rings. The predicted octanol–water partition coefficient (Wildman–Crippen LogP) is 5.11. The number of likely N-dealkylation sites (tertiary alicyclic amines) is 2. The van der Waals surface area contributed by atoms with Gasteiger partial charge >= 0.3 is 5.97 Å². The number of carbonyl (C=O) groups excluding carboxylic acids is 4. The van der Waals surface area contributed by atoms with E-state index in [0.29, 0.717) is 18.5 Å². The van der Waals surface area contributed by atoms with Crippen molar-refractivity contribution in [2.75, 3.05) is 20.1 Å². The third-order valence-electron chi connectivity index (χ3n) is 9.32. The highest BCUT2D eigenvalue weighted by atomic mass is 16.5. The number of hydrogen-bond donors (Lipinski definition) is 1. The summed E-state index contributed by atoms with van der Waals surface area (Å²) < 4.78 is 5.77.